The molecule has 0 aliphatic heterocycles. The first-order valence-electron chi connectivity index (χ1n) is 5.41. The minimum atomic E-state index is -4.41. The summed E-state index contributed by atoms with van der Waals surface area (Å²) in [6.07, 6.45) is -3.91. The number of alkyl halides is 4. The highest BCUT2D eigenvalue weighted by atomic mass is 19.3. The van der Waals surface area contributed by atoms with Gasteiger partial charge in [0.1, 0.15) is 6.04 Å². The monoisotopic (exact) mass is 291 g/mol. The van der Waals surface area contributed by atoms with E-state index < -0.39 is 29.5 Å². The summed E-state index contributed by atoms with van der Waals surface area (Å²) in [4.78, 5) is 26.5. The predicted octanol–water partition coefficient (Wildman–Crippen LogP) is 1.12. The van der Waals surface area contributed by atoms with Gasteiger partial charge in [-0.1, -0.05) is 6.07 Å². The van der Waals surface area contributed by atoms with E-state index in [1.165, 1.54) is 6.07 Å². The minimum Gasteiger partial charge on any atom is -0.319 e. The van der Waals surface area contributed by atoms with Gasteiger partial charge in [0, 0.05) is 0 Å². The Labute approximate surface area is 108 Å². The first kappa shape index (κ1) is 14.3. The van der Waals surface area contributed by atoms with E-state index in [9.17, 15) is 27.2 Å². The van der Waals surface area contributed by atoms with Gasteiger partial charge in [0.05, 0.1) is 11.0 Å². The molecular weight excluding hydrogens is 282 g/mol. The molecular formula is C11H9F4N3O2. The number of aromatic nitrogens is 2. The number of rotatable bonds is 3. The SMILES string of the molecule is NC(c1ccc2[nH]c(=O)c(=O)[nH]c2c1)C(F)(F)C(F)F. The van der Waals surface area contributed by atoms with Gasteiger partial charge < -0.3 is 15.7 Å². The summed E-state index contributed by atoms with van der Waals surface area (Å²) in [5.74, 6) is -4.41. The van der Waals surface area contributed by atoms with Crippen LogP contribution in [0.25, 0.3) is 11.0 Å². The van der Waals surface area contributed by atoms with Crippen molar-refractivity contribution < 1.29 is 17.6 Å². The van der Waals surface area contributed by atoms with Crippen molar-refractivity contribution in [1.82, 2.24) is 9.97 Å². The minimum absolute atomic E-state index is 0.0209. The van der Waals surface area contributed by atoms with E-state index in [1.807, 2.05) is 0 Å². The van der Waals surface area contributed by atoms with Crippen molar-refractivity contribution in [2.75, 3.05) is 0 Å². The van der Waals surface area contributed by atoms with Crippen molar-refractivity contribution in [3.63, 3.8) is 0 Å². The van der Waals surface area contributed by atoms with E-state index in [0.29, 0.717) is 0 Å². The van der Waals surface area contributed by atoms with Crippen molar-refractivity contribution >= 4 is 11.0 Å². The quantitative estimate of drug-likeness (QED) is 0.584. The predicted molar refractivity (Wildman–Crippen MR) is 63.1 cm³/mol. The van der Waals surface area contributed by atoms with Crippen LogP contribution in [-0.2, 0) is 0 Å². The number of H-pyrrole nitrogens is 2. The smallest absolute Gasteiger partial charge is 0.319 e. The van der Waals surface area contributed by atoms with Crippen LogP contribution in [-0.4, -0.2) is 22.3 Å². The molecule has 0 amide bonds. The van der Waals surface area contributed by atoms with E-state index in [2.05, 4.69) is 9.97 Å². The van der Waals surface area contributed by atoms with E-state index in [-0.39, 0.29) is 16.6 Å². The summed E-state index contributed by atoms with van der Waals surface area (Å²) in [6, 6.07) is 1.07. The second kappa shape index (κ2) is 4.75. The Hall–Kier alpha value is -2.16. The van der Waals surface area contributed by atoms with Crippen molar-refractivity contribution in [2.45, 2.75) is 18.4 Å². The molecule has 9 heteroatoms. The van der Waals surface area contributed by atoms with Gasteiger partial charge >= 0.3 is 23.5 Å². The summed E-state index contributed by atoms with van der Waals surface area (Å²) in [5, 5.41) is 0. The first-order valence-corrected chi connectivity index (χ1v) is 5.41. The van der Waals surface area contributed by atoms with Gasteiger partial charge in [-0.2, -0.15) is 8.78 Å². The van der Waals surface area contributed by atoms with Gasteiger partial charge in [0.2, 0.25) is 0 Å². The number of hydrogen-bond acceptors (Lipinski definition) is 3. The van der Waals surface area contributed by atoms with Gasteiger partial charge in [-0.15, -0.1) is 0 Å². The van der Waals surface area contributed by atoms with Gasteiger partial charge in [0.15, 0.2) is 0 Å². The van der Waals surface area contributed by atoms with E-state index in [0.717, 1.165) is 12.1 Å². The Morgan fingerprint density at radius 1 is 1.05 bits per heavy atom. The summed E-state index contributed by atoms with van der Waals surface area (Å²) in [7, 11) is 0. The van der Waals surface area contributed by atoms with Crippen LogP contribution in [0.1, 0.15) is 11.6 Å². The zero-order valence-corrected chi connectivity index (χ0v) is 9.79. The highest BCUT2D eigenvalue weighted by Crippen LogP contribution is 2.35. The van der Waals surface area contributed by atoms with Crippen LogP contribution < -0.4 is 16.9 Å². The maximum absolute atomic E-state index is 13.2. The molecule has 5 nitrogen and oxygen atoms in total. The number of aromatic amines is 2. The third-order valence-corrected chi connectivity index (χ3v) is 2.81. The van der Waals surface area contributed by atoms with Gasteiger partial charge in [0.25, 0.3) is 0 Å². The molecule has 0 saturated carbocycles. The topological polar surface area (TPSA) is 91.7 Å². The second-order valence-corrected chi connectivity index (χ2v) is 4.17. The average molecular weight is 291 g/mol. The molecule has 1 unspecified atom stereocenters. The van der Waals surface area contributed by atoms with Crippen LogP contribution in [0.4, 0.5) is 17.6 Å². The van der Waals surface area contributed by atoms with Crippen LogP contribution in [0.2, 0.25) is 0 Å². The molecule has 0 saturated heterocycles. The number of hydrogen-bond donors (Lipinski definition) is 3. The molecule has 2 aromatic rings. The fourth-order valence-corrected chi connectivity index (χ4v) is 1.68. The molecule has 0 fully saturated rings. The fraction of sp³-hybridized carbons (Fsp3) is 0.273. The highest BCUT2D eigenvalue weighted by Gasteiger charge is 2.47. The maximum Gasteiger partial charge on any atom is 0.326 e. The summed E-state index contributed by atoms with van der Waals surface area (Å²) in [5.41, 5.74) is 3.15. The molecule has 0 radical (unpaired) electrons. The average Bonchev–Trinajstić information content (AvgIpc) is 2.38. The number of nitrogens with two attached hydrogens (primary N) is 1. The Morgan fingerprint density at radius 2 is 1.60 bits per heavy atom. The number of nitrogens with one attached hydrogen (secondary N) is 2. The maximum atomic E-state index is 13.2. The van der Waals surface area contributed by atoms with E-state index in [4.69, 9.17) is 5.73 Å². The van der Waals surface area contributed by atoms with Gasteiger partial charge in [-0.3, -0.25) is 9.59 Å². The largest absolute Gasteiger partial charge is 0.326 e. The zero-order valence-electron chi connectivity index (χ0n) is 9.79. The molecule has 0 aliphatic carbocycles. The van der Waals surface area contributed by atoms with Crippen LogP contribution in [0.15, 0.2) is 27.8 Å². The lowest BCUT2D eigenvalue weighted by molar-refractivity contribution is -0.144. The molecule has 0 bridgehead atoms. The van der Waals surface area contributed by atoms with Crippen molar-refractivity contribution in [3.05, 3.63) is 44.5 Å². The van der Waals surface area contributed by atoms with Crippen molar-refractivity contribution in [1.29, 1.82) is 0 Å². The van der Waals surface area contributed by atoms with Crippen LogP contribution in [0.3, 0.4) is 0 Å². The van der Waals surface area contributed by atoms with Crippen LogP contribution in [0.5, 0.6) is 0 Å². The Bertz CT molecular complexity index is 753. The van der Waals surface area contributed by atoms with Crippen LogP contribution in [0, 0.1) is 0 Å². The molecule has 1 heterocycles. The summed E-state index contributed by atoms with van der Waals surface area (Å²) in [6.45, 7) is 0. The molecule has 20 heavy (non-hydrogen) atoms. The highest BCUT2D eigenvalue weighted by molar-refractivity contribution is 5.74. The Morgan fingerprint density at radius 3 is 2.15 bits per heavy atom. The lowest BCUT2D eigenvalue weighted by atomic mass is 10.0. The fourth-order valence-electron chi connectivity index (χ4n) is 1.68. The standard InChI is InChI=1S/C11H9F4N3O2/c12-10(13)11(14,15)7(16)4-1-2-5-6(3-4)18-9(20)8(19)17-5/h1-3,7,10H,16H2,(H,17,19)(H,18,20). The summed E-state index contributed by atoms with van der Waals surface area (Å²) >= 11 is 0. The number of benzene rings is 1. The number of fused-ring (bicyclic) bond motifs is 1. The normalized spacial score (nSPS) is 13.9. The van der Waals surface area contributed by atoms with E-state index in [1.54, 1.807) is 0 Å². The van der Waals surface area contributed by atoms with Crippen molar-refractivity contribution in [3.8, 4) is 0 Å². The van der Waals surface area contributed by atoms with E-state index >= 15 is 0 Å². The molecule has 0 aliphatic rings. The zero-order chi connectivity index (χ0) is 15.1. The molecule has 1 aromatic carbocycles. The molecule has 1 aromatic heterocycles. The van der Waals surface area contributed by atoms with Gasteiger partial charge in [-0.05, 0) is 17.7 Å². The lowest BCUT2D eigenvalue weighted by Gasteiger charge is -2.23. The molecule has 2 rings (SSSR count). The van der Waals surface area contributed by atoms with Crippen molar-refractivity contribution in [2.24, 2.45) is 5.73 Å². The first-order chi connectivity index (χ1) is 9.23. The Kier molecular flexibility index (Phi) is 3.38. The molecule has 108 valence electrons. The lowest BCUT2D eigenvalue weighted by Crippen LogP contribution is -2.39. The number of halogens is 4. The van der Waals surface area contributed by atoms with Crippen LogP contribution >= 0.6 is 0 Å². The van der Waals surface area contributed by atoms with Gasteiger partial charge in [-0.25, -0.2) is 8.78 Å². The molecule has 0 spiro atoms. The molecule has 1 atom stereocenters. The summed E-state index contributed by atoms with van der Waals surface area (Å²) < 4.78 is 50.8. The second-order valence-electron chi connectivity index (χ2n) is 4.17. The third kappa shape index (κ3) is 2.31. The molecule has 4 N–H and O–H groups in total. The third-order valence-electron chi connectivity index (χ3n) is 2.81. The Balaban J connectivity index is 2.54.